The van der Waals surface area contributed by atoms with Crippen LogP contribution in [-0.2, 0) is 4.74 Å². The van der Waals surface area contributed by atoms with Crippen LogP contribution in [0.4, 0.5) is 0 Å². The monoisotopic (exact) mass is 150 g/mol. The maximum Gasteiger partial charge on any atom is 0.112 e. The third kappa shape index (κ3) is 0.907. The summed E-state index contributed by atoms with van der Waals surface area (Å²) in [5, 5.41) is 0. The highest BCUT2D eigenvalue weighted by Crippen LogP contribution is 2.48. The van der Waals surface area contributed by atoms with E-state index in [1.165, 1.54) is 12.8 Å². The summed E-state index contributed by atoms with van der Waals surface area (Å²) in [5.41, 5.74) is 0.0567. The molecule has 3 atom stereocenters. The molecule has 3 unspecified atom stereocenters. The maximum absolute atomic E-state index is 5.54. The standard InChI is InChI=1S/C10H14O/c1-3-11-10(2)7-8-4-5-9(10)6-8/h3-5,8-9H,1,6-7H2,2H3. The molecule has 0 spiro atoms. The maximum atomic E-state index is 5.54. The minimum atomic E-state index is 0.0567. The molecule has 2 aliphatic rings. The SMILES string of the molecule is C=COC1(C)CC2C=CC1C2. The van der Waals surface area contributed by atoms with E-state index in [0.717, 1.165) is 5.92 Å². The van der Waals surface area contributed by atoms with Crippen molar-refractivity contribution in [1.82, 2.24) is 0 Å². The highest BCUT2D eigenvalue weighted by atomic mass is 16.5. The number of rotatable bonds is 2. The second kappa shape index (κ2) is 2.13. The van der Waals surface area contributed by atoms with Crippen molar-refractivity contribution in [3.63, 3.8) is 0 Å². The lowest BCUT2D eigenvalue weighted by Crippen LogP contribution is -2.31. The smallest absolute Gasteiger partial charge is 0.112 e. The van der Waals surface area contributed by atoms with Gasteiger partial charge in [0.25, 0.3) is 0 Å². The lowest BCUT2D eigenvalue weighted by Gasteiger charge is -2.30. The van der Waals surface area contributed by atoms with Crippen molar-refractivity contribution >= 4 is 0 Å². The summed E-state index contributed by atoms with van der Waals surface area (Å²) < 4.78 is 5.54. The first-order valence-electron chi connectivity index (χ1n) is 4.22. The highest BCUT2D eigenvalue weighted by molar-refractivity contribution is 5.16. The van der Waals surface area contributed by atoms with Crippen LogP contribution >= 0.6 is 0 Å². The van der Waals surface area contributed by atoms with Crippen LogP contribution in [0.25, 0.3) is 0 Å². The van der Waals surface area contributed by atoms with Crippen LogP contribution in [0.3, 0.4) is 0 Å². The summed E-state index contributed by atoms with van der Waals surface area (Å²) in [6.07, 6.45) is 8.63. The van der Waals surface area contributed by atoms with Gasteiger partial charge in [0.2, 0.25) is 0 Å². The Kier molecular flexibility index (Phi) is 1.35. The van der Waals surface area contributed by atoms with Gasteiger partial charge in [0.1, 0.15) is 5.60 Å². The minimum absolute atomic E-state index is 0.0567. The fourth-order valence-corrected chi connectivity index (χ4v) is 2.38. The molecule has 1 heteroatoms. The van der Waals surface area contributed by atoms with Crippen molar-refractivity contribution in [2.24, 2.45) is 11.8 Å². The molecule has 0 aromatic heterocycles. The molecule has 2 rings (SSSR count). The van der Waals surface area contributed by atoms with Gasteiger partial charge in [-0.25, -0.2) is 0 Å². The Morgan fingerprint density at radius 1 is 1.64 bits per heavy atom. The van der Waals surface area contributed by atoms with Crippen molar-refractivity contribution < 1.29 is 4.74 Å². The first kappa shape index (κ1) is 6.96. The molecule has 0 N–H and O–H groups in total. The molecule has 2 aliphatic carbocycles. The Hall–Kier alpha value is -0.720. The molecular weight excluding hydrogens is 136 g/mol. The van der Waals surface area contributed by atoms with Gasteiger partial charge in [-0.2, -0.15) is 0 Å². The van der Waals surface area contributed by atoms with Crippen LogP contribution in [0, 0.1) is 11.8 Å². The van der Waals surface area contributed by atoms with Crippen molar-refractivity contribution in [1.29, 1.82) is 0 Å². The lowest BCUT2D eigenvalue weighted by atomic mass is 9.90. The second-order valence-electron chi connectivity index (χ2n) is 3.79. The predicted molar refractivity (Wildman–Crippen MR) is 45.0 cm³/mol. The molecule has 0 heterocycles. The molecule has 1 fully saturated rings. The summed E-state index contributed by atoms with van der Waals surface area (Å²) in [5.74, 6) is 1.40. The third-order valence-electron chi connectivity index (χ3n) is 2.98. The lowest BCUT2D eigenvalue weighted by molar-refractivity contribution is 0.0167. The molecule has 0 aromatic carbocycles. The van der Waals surface area contributed by atoms with Crippen molar-refractivity contribution in [3.05, 3.63) is 25.0 Å². The topological polar surface area (TPSA) is 9.23 Å². The first-order valence-corrected chi connectivity index (χ1v) is 4.22. The fourth-order valence-electron chi connectivity index (χ4n) is 2.38. The Morgan fingerprint density at radius 2 is 2.45 bits per heavy atom. The number of allylic oxidation sites excluding steroid dienone is 1. The van der Waals surface area contributed by atoms with Gasteiger partial charge in [0.15, 0.2) is 0 Å². The number of fused-ring (bicyclic) bond motifs is 2. The van der Waals surface area contributed by atoms with E-state index < -0.39 is 0 Å². The van der Waals surface area contributed by atoms with Gasteiger partial charge in [0, 0.05) is 5.92 Å². The molecule has 0 radical (unpaired) electrons. The molecule has 2 bridgehead atoms. The van der Waals surface area contributed by atoms with Crippen LogP contribution in [-0.4, -0.2) is 5.60 Å². The van der Waals surface area contributed by atoms with Gasteiger partial charge in [-0.1, -0.05) is 18.7 Å². The minimum Gasteiger partial charge on any atom is -0.495 e. The largest absolute Gasteiger partial charge is 0.495 e. The van der Waals surface area contributed by atoms with Gasteiger partial charge in [-0.15, -0.1) is 0 Å². The molecule has 0 aliphatic heterocycles. The molecule has 1 nitrogen and oxygen atoms in total. The van der Waals surface area contributed by atoms with E-state index in [1.54, 1.807) is 6.26 Å². The molecular formula is C10H14O. The zero-order valence-corrected chi connectivity index (χ0v) is 6.92. The zero-order valence-electron chi connectivity index (χ0n) is 6.92. The summed E-state index contributed by atoms with van der Waals surface area (Å²) in [7, 11) is 0. The average molecular weight is 150 g/mol. The molecule has 0 aromatic rings. The number of hydrogen-bond donors (Lipinski definition) is 0. The van der Waals surface area contributed by atoms with Crippen molar-refractivity contribution in [2.75, 3.05) is 0 Å². The summed E-state index contributed by atoms with van der Waals surface area (Å²) in [6.45, 7) is 5.79. The Morgan fingerprint density at radius 3 is 2.91 bits per heavy atom. The van der Waals surface area contributed by atoms with E-state index in [9.17, 15) is 0 Å². The van der Waals surface area contributed by atoms with Crippen LogP contribution in [0.2, 0.25) is 0 Å². The normalized spacial score (nSPS) is 46.3. The van der Waals surface area contributed by atoms with E-state index in [2.05, 4.69) is 25.7 Å². The number of hydrogen-bond acceptors (Lipinski definition) is 1. The van der Waals surface area contributed by atoms with Gasteiger partial charge >= 0.3 is 0 Å². The van der Waals surface area contributed by atoms with E-state index in [0.29, 0.717) is 5.92 Å². The number of ether oxygens (including phenoxy) is 1. The predicted octanol–water partition coefficient (Wildman–Crippen LogP) is 2.50. The Balaban J connectivity index is 2.16. The van der Waals surface area contributed by atoms with Crippen molar-refractivity contribution in [3.8, 4) is 0 Å². The van der Waals surface area contributed by atoms with E-state index in [-0.39, 0.29) is 5.60 Å². The summed E-state index contributed by atoms with van der Waals surface area (Å²) >= 11 is 0. The quantitative estimate of drug-likeness (QED) is 0.434. The fraction of sp³-hybridized carbons (Fsp3) is 0.600. The van der Waals surface area contributed by atoms with Crippen LogP contribution in [0.15, 0.2) is 25.0 Å². The van der Waals surface area contributed by atoms with Crippen LogP contribution in [0.1, 0.15) is 19.8 Å². The molecule has 0 amide bonds. The van der Waals surface area contributed by atoms with E-state index in [4.69, 9.17) is 4.74 Å². The molecule has 0 saturated heterocycles. The van der Waals surface area contributed by atoms with Crippen LogP contribution < -0.4 is 0 Å². The highest BCUT2D eigenvalue weighted by Gasteiger charge is 2.46. The van der Waals surface area contributed by atoms with E-state index in [1.807, 2.05) is 0 Å². The third-order valence-corrected chi connectivity index (χ3v) is 2.98. The van der Waals surface area contributed by atoms with Gasteiger partial charge < -0.3 is 4.74 Å². The average Bonchev–Trinajstić information content (AvgIpc) is 2.45. The van der Waals surface area contributed by atoms with Crippen molar-refractivity contribution in [2.45, 2.75) is 25.4 Å². The van der Waals surface area contributed by atoms with Gasteiger partial charge in [-0.05, 0) is 25.7 Å². The molecule has 11 heavy (non-hydrogen) atoms. The molecule has 60 valence electrons. The molecule has 1 saturated carbocycles. The van der Waals surface area contributed by atoms with E-state index >= 15 is 0 Å². The first-order chi connectivity index (χ1) is 5.24. The van der Waals surface area contributed by atoms with Crippen LogP contribution in [0.5, 0.6) is 0 Å². The van der Waals surface area contributed by atoms with Gasteiger partial charge in [0.05, 0.1) is 6.26 Å². The summed E-state index contributed by atoms with van der Waals surface area (Å²) in [6, 6.07) is 0. The zero-order chi connectivity index (χ0) is 7.90. The second-order valence-corrected chi connectivity index (χ2v) is 3.79. The Labute approximate surface area is 67.7 Å². The summed E-state index contributed by atoms with van der Waals surface area (Å²) in [4.78, 5) is 0. The Bertz CT molecular complexity index is 207. The van der Waals surface area contributed by atoms with Gasteiger partial charge in [-0.3, -0.25) is 0 Å².